The Morgan fingerprint density at radius 3 is 2.03 bits per heavy atom. The number of aliphatic hydroxyl groups excluding tert-OH is 1. The van der Waals surface area contributed by atoms with Crippen molar-refractivity contribution in [2.45, 2.75) is 70.2 Å². The summed E-state index contributed by atoms with van der Waals surface area (Å²) in [5.41, 5.74) is 2.19. The van der Waals surface area contributed by atoms with E-state index >= 15 is 0 Å². The molecule has 0 aliphatic carbocycles. The molecule has 0 spiro atoms. The fourth-order valence-electron chi connectivity index (χ4n) is 5.38. The van der Waals surface area contributed by atoms with Gasteiger partial charge in [0.1, 0.15) is 5.75 Å². The summed E-state index contributed by atoms with van der Waals surface area (Å²) in [5, 5.41) is 30.0. The van der Waals surface area contributed by atoms with E-state index in [1.807, 2.05) is 12.1 Å². The quantitative estimate of drug-likeness (QED) is 0.556. The van der Waals surface area contributed by atoms with Crippen LogP contribution in [0.1, 0.15) is 53.0 Å². The van der Waals surface area contributed by atoms with Crippen LogP contribution < -0.4 is 0 Å². The Morgan fingerprint density at radius 2 is 1.59 bits per heavy atom. The average molecular weight is 424 g/mol. The largest absolute Gasteiger partial charge is 0.508 e. The zero-order valence-corrected chi connectivity index (χ0v) is 19.5. The SMILES string of the molecule is CC(C)[Si](OC[C@@H]1CN(C(=O)O)C[C@H](O)[C@H]1c1ccc(O)cc1)(C(C)C)C(C)C. The Bertz CT molecular complexity index is 655. The van der Waals surface area contributed by atoms with E-state index in [1.54, 1.807) is 12.1 Å². The molecule has 0 radical (unpaired) electrons. The van der Waals surface area contributed by atoms with Crippen molar-refractivity contribution in [3.05, 3.63) is 29.8 Å². The molecule has 3 N–H and O–H groups in total. The summed E-state index contributed by atoms with van der Waals surface area (Å²) >= 11 is 0. The Hall–Kier alpha value is -1.57. The van der Waals surface area contributed by atoms with Gasteiger partial charge in [-0.05, 0) is 34.3 Å². The lowest BCUT2D eigenvalue weighted by Gasteiger charge is -2.46. The van der Waals surface area contributed by atoms with E-state index in [4.69, 9.17) is 4.43 Å². The van der Waals surface area contributed by atoms with E-state index in [2.05, 4.69) is 41.5 Å². The van der Waals surface area contributed by atoms with Crippen LogP contribution in [0.3, 0.4) is 0 Å². The zero-order chi connectivity index (χ0) is 21.9. The van der Waals surface area contributed by atoms with Crippen LogP contribution in [0, 0.1) is 5.92 Å². The van der Waals surface area contributed by atoms with E-state index in [1.165, 1.54) is 4.90 Å². The number of carboxylic acid groups (broad SMARTS) is 1. The number of aliphatic hydroxyl groups is 1. The maximum absolute atomic E-state index is 11.6. The van der Waals surface area contributed by atoms with E-state index < -0.39 is 20.5 Å². The van der Waals surface area contributed by atoms with Crippen molar-refractivity contribution in [3.8, 4) is 5.75 Å². The number of aromatic hydroxyl groups is 1. The van der Waals surface area contributed by atoms with Crippen LogP contribution in [-0.2, 0) is 4.43 Å². The molecule has 0 aromatic heterocycles. The molecule has 0 saturated carbocycles. The normalized spacial score (nSPS) is 23.2. The average Bonchev–Trinajstić information content (AvgIpc) is 2.62. The highest BCUT2D eigenvalue weighted by atomic mass is 28.4. The first-order chi connectivity index (χ1) is 13.5. The van der Waals surface area contributed by atoms with Crippen LogP contribution >= 0.6 is 0 Å². The second-order valence-corrected chi connectivity index (χ2v) is 14.7. The van der Waals surface area contributed by atoms with Gasteiger partial charge in [-0.3, -0.25) is 0 Å². The maximum atomic E-state index is 11.6. The van der Waals surface area contributed by atoms with Crippen LogP contribution in [0.15, 0.2) is 24.3 Å². The van der Waals surface area contributed by atoms with Gasteiger partial charge in [0.05, 0.1) is 12.6 Å². The predicted molar refractivity (Wildman–Crippen MR) is 117 cm³/mol. The molecule has 0 unspecified atom stereocenters. The van der Waals surface area contributed by atoms with Crippen molar-refractivity contribution in [2.24, 2.45) is 5.92 Å². The van der Waals surface area contributed by atoms with Crippen molar-refractivity contribution in [1.82, 2.24) is 4.90 Å². The fraction of sp³-hybridized carbons (Fsp3) is 0.682. The van der Waals surface area contributed by atoms with Crippen LogP contribution in [0.4, 0.5) is 4.79 Å². The summed E-state index contributed by atoms with van der Waals surface area (Å²) in [4.78, 5) is 12.9. The predicted octanol–water partition coefficient (Wildman–Crippen LogP) is 4.64. The number of nitrogens with zero attached hydrogens (tertiary/aromatic N) is 1. The highest BCUT2D eigenvalue weighted by molar-refractivity contribution is 6.77. The number of carbonyl (C=O) groups is 1. The fourth-order valence-corrected chi connectivity index (χ4v) is 10.9. The molecule has 1 aromatic rings. The van der Waals surface area contributed by atoms with Gasteiger partial charge in [-0.15, -0.1) is 0 Å². The molecule has 1 saturated heterocycles. The van der Waals surface area contributed by atoms with Crippen LogP contribution in [0.5, 0.6) is 5.75 Å². The number of piperidine rings is 1. The van der Waals surface area contributed by atoms with Gasteiger partial charge in [0.15, 0.2) is 8.32 Å². The molecule has 29 heavy (non-hydrogen) atoms. The van der Waals surface area contributed by atoms with Gasteiger partial charge in [-0.25, -0.2) is 4.79 Å². The standard InChI is InChI=1S/C22H37NO5Si/c1-14(2)29(15(3)4,16(5)6)28-13-18-11-23(22(26)27)12-20(25)21(18)17-7-9-19(24)10-8-17/h7-10,14-16,18,20-21,24-25H,11-13H2,1-6H3,(H,26,27)/t18-,20-,21-/m0/s1. The molecular formula is C22H37NO5Si. The number of benzene rings is 1. The van der Waals surface area contributed by atoms with E-state index in [0.29, 0.717) is 29.8 Å². The Kier molecular flexibility index (Phi) is 7.76. The van der Waals surface area contributed by atoms with Crippen molar-refractivity contribution < 1.29 is 24.5 Å². The van der Waals surface area contributed by atoms with Gasteiger partial charge in [0.2, 0.25) is 0 Å². The second-order valence-electron chi connectivity index (χ2n) is 9.26. The molecular weight excluding hydrogens is 386 g/mol. The van der Waals surface area contributed by atoms with Gasteiger partial charge in [-0.1, -0.05) is 53.7 Å². The van der Waals surface area contributed by atoms with E-state index in [0.717, 1.165) is 5.56 Å². The summed E-state index contributed by atoms with van der Waals surface area (Å²) in [6, 6.07) is 6.84. The van der Waals surface area contributed by atoms with E-state index in [-0.39, 0.29) is 24.1 Å². The number of hydrogen-bond donors (Lipinski definition) is 3. The van der Waals surface area contributed by atoms with Crippen molar-refractivity contribution in [3.63, 3.8) is 0 Å². The van der Waals surface area contributed by atoms with Gasteiger partial charge in [0.25, 0.3) is 0 Å². The van der Waals surface area contributed by atoms with Crippen LogP contribution in [0.25, 0.3) is 0 Å². The monoisotopic (exact) mass is 423 g/mol. The lowest BCUT2D eigenvalue weighted by Crippen LogP contribution is -2.54. The molecule has 7 heteroatoms. The molecule has 1 heterocycles. The smallest absolute Gasteiger partial charge is 0.407 e. The highest BCUT2D eigenvalue weighted by Crippen LogP contribution is 2.44. The topological polar surface area (TPSA) is 90.2 Å². The van der Waals surface area contributed by atoms with Gasteiger partial charge < -0.3 is 24.6 Å². The molecule has 0 bridgehead atoms. The molecule has 1 aliphatic heterocycles. The van der Waals surface area contributed by atoms with Gasteiger partial charge in [-0.2, -0.15) is 0 Å². The van der Waals surface area contributed by atoms with Gasteiger partial charge >= 0.3 is 6.09 Å². The molecule has 1 amide bonds. The van der Waals surface area contributed by atoms with Crippen LogP contribution in [-0.4, -0.2) is 60.4 Å². The third-order valence-corrected chi connectivity index (χ3v) is 12.7. The zero-order valence-electron chi connectivity index (χ0n) is 18.5. The van der Waals surface area contributed by atoms with Crippen molar-refractivity contribution >= 4 is 14.4 Å². The summed E-state index contributed by atoms with van der Waals surface area (Å²) in [5.74, 6) is -0.211. The van der Waals surface area contributed by atoms with Crippen LogP contribution in [0.2, 0.25) is 16.6 Å². The third kappa shape index (κ3) is 4.95. The first-order valence-corrected chi connectivity index (χ1v) is 12.7. The number of phenols is 1. The van der Waals surface area contributed by atoms with Gasteiger partial charge in [0, 0.05) is 25.0 Å². The first-order valence-electron chi connectivity index (χ1n) is 10.6. The number of phenolic OH excluding ortho intramolecular Hbond substituents is 1. The molecule has 1 aromatic carbocycles. The number of β-amino-alcohol motifs (C(OH)–C–C–N with tert-alkyl or cyclic N) is 1. The van der Waals surface area contributed by atoms with E-state index in [9.17, 15) is 20.1 Å². The number of amides is 1. The summed E-state index contributed by atoms with van der Waals surface area (Å²) in [6.45, 7) is 14.2. The lowest BCUT2D eigenvalue weighted by molar-refractivity contribution is 0.00617. The molecule has 1 aliphatic rings. The van der Waals surface area contributed by atoms with Crippen molar-refractivity contribution in [2.75, 3.05) is 19.7 Å². The highest BCUT2D eigenvalue weighted by Gasteiger charge is 2.47. The Balaban J connectivity index is 2.34. The third-order valence-electron chi connectivity index (χ3n) is 6.59. The molecule has 3 atom stereocenters. The summed E-state index contributed by atoms with van der Waals surface area (Å²) in [7, 11) is -2.11. The number of likely N-dealkylation sites (tertiary alicyclic amines) is 1. The number of rotatable bonds is 7. The first kappa shape index (κ1) is 23.7. The molecule has 1 fully saturated rings. The minimum atomic E-state index is -2.11. The number of hydrogen-bond acceptors (Lipinski definition) is 4. The Labute approximate surface area is 175 Å². The summed E-state index contributed by atoms with van der Waals surface area (Å²) < 4.78 is 6.76. The minimum absolute atomic E-state index is 0.0818. The van der Waals surface area contributed by atoms with Crippen molar-refractivity contribution in [1.29, 1.82) is 0 Å². The second kappa shape index (κ2) is 9.49. The summed E-state index contributed by atoms with van der Waals surface area (Å²) in [6.07, 6.45) is -1.83. The molecule has 164 valence electrons. The Morgan fingerprint density at radius 1 is 1.07 bits per heavy atom. The molecule has 2 rings (SSSR count). The minimum Gasteiger partial charge on any atom is -0.508 e. The maximum Gasteiger partial charge on any atom is 0.407 e. The lowest BCUT2D eigenvalue weighted by atomic mass is 9.79. The molecule has 6 nitrogen and oxygen atoms in total.